The summed E-state index contributed by atoms with van der Waals surface area (Å²) >= 11 is 0. The van der Waals surface area contributed by atoms with Gasteiger partial charge in [0.15, 0.2) is 0 Å². The highest BCUT2D eigenvalue weighted by molar-refractivity contribution is 5.75. The van der Waals surface area contributed by atoms with Crippen molar-refractivity contribution in [1.29, 1.82) is 0 Å². The number of hydrogen-bond donors (Lipinski definition) is 1. The van der Waals surface area contributed by atoms with E-state index in [4.69, 9.17) is 0 Å². The van der Waals surface area contributed by atoms with Crippen LogP contribution in [-0.4, -0.2) is 48.1 Å². The number of hydrogen-bond acceptors (Lipinski definition) is 2. The van der Waals surface area contributed by atoms with Crippen LogP contribution in [0.1, 0.15) is 30.9 Å². The second kappa shape index (κ2) is 6.55. The van der Waals surface area contributed by atoms with Gasteiger partial charge in [-0.3, -0.25) is 4.90 Å². The highest BCUT2D eigenvalue weighted by Gasteiger charge is 2.36. The summed E-state index contributed by atoms with van der Waals surface area (Å²) in [5.41, 5.74) is 1.01. The quantitative estimate of drug-likeness (QED) is 0.862. The van der Waals surface area contributed by atoms with Crippen LogP contribution in [0.15, 0.2) is 36.4 Å². The molecule has 1 saturated carbocycles. The van der Waals surface area contributed by atoms with Gasteiger partial charge >= 0.3 is 6.03 Å². The first-order valence-electron chi connectivity index (χ1n) is 8.90. The third-order valence-electron chi connectivity index (χ3n) is 5.42. The van der Waals surface area contributed by atoms with Crippen molar-refractivity contribution in [2.75, 3.05) is 26.2 Å². The Hall–Kier alpha value is -1.88. The van der Waals surface area contributed by atoms with Gasteiger partial charge in [-0.05, 0) is 42.9 Å². The van der Waals surface area contributed by atoms with Crippen LogP contribution in [0.4, 0.5) is 9.18 Å². The Kier molecular flexibility index (Phi) is 4.27. The average molecular weight is 329 g/mol. The standard InChI is InChI=1S/C19H24FN3O/c20-16-7-5-15(6-8-16)18(14-3-4-14)21-19(24)23-12-9-17(13-23)22-10-1-2-11-22/h1-2,5-8,14,17-18H,3-4,9-13H2,(H,21,24)/t17-,18-/m0/s1. The third kappa shape index (κ3) is 3.31. The molecule has 4 rings (SSSR count). The average Bonchev–Trinajstić information content (AvgIpc) is 3.08. The van der Waals surface area contributed by atoms with Crippen LogP contribution in [0.3, 0.4) is 0 Å². The molecular weight excluding hydrogens is 305 g/mol. The Labute approximate surface area is 142 Å². The van der Waals surface area contributed by atoms with E-state index in [1.165, 1.54) is 12.1 Å². The summed E-state index contributed by atoms with van der Waals surface area (Å²) < 4.78 is 13.2. The molecule has 1 aromatic carbocycles. The maximum absolute atomic E-state index is 13.2. The number of carbonyl (C=O) groups is 1. The number of benzene rings is 1. The van der Waals surface area contributed by atoms with Crippen LogP contribution in [0.5, 0.6) is 0 Å². The second-order valence-corrected chi connectivity index (χ2v) is 7.13. The van der Waals surface area contributed by atoms with Crippen molar-refractivity contribution in [3.05, 3.63) is 47.8 Å². The molecular formula is C19H24FN3O. The van der Waals surface area contributed by atoms with Crippen LogP contribution in [-0.2, 0) is 0 Å². The van der Waals surface area contributed by atoms with Gasteiger partial charge in [-0.1, -0.05) is 24.3 Å². The van der Waals surface area contributed by atoms with Gasteiger partial charge in [-0.15, -0.1) is 0 Å². The fourth-order valence-corrected chi connectivity index (χ4v) is 3.81. The van der Waals surface area contributed by atoms with Crippen molar-refractivity contribution >= 4 is 6.03 Å². The Balaban J connectivity index is 1.38. The highest BCUT2D eigenvalue weighted by Crippen LogP contribution is 2.41. The molecule has 128 valence electrons. The summed E-state index contributed by atoms with van der Waals surface area (Å²) in [4.78, 5) is 17.0. The van der Waals surface area contributed by atoms with Gasteiger partial charge in [0, 0.05) is 32.2 Å². The SMILES string of the molecule is O=C(N[C@H](c1ccc(F)cc1)C1CC1)N1CC[C@H](N2CC=CC2)C1. The zero-order valence-electron chi connectivity index (χ0n) is 13.8. The molecule has 5 heteroatoms. The van der Waals surface area contributed by atoms with Gasteiger partial charge in [-0.25, -0.2) is 9.18 Å². The lowest BCUT2D eigenvalue weighted by Crippen LogP contribution is -2.43. The fourth-order valence-electron chi connectivity index (χ4n) is 3.81. The van der Waals surface area contributed by atoms with E-state index in [0.717, 1.165) is 51.0 Å². The third-order valence-corrected chi connectivity index (χ3v) is 5.42. The molecule has 0 radical (unpaired) electrons. The Morgan fingerprint density at radius 1 is 1.12 bits per heavy atom. The minimum absolute atomic E-state index is 0.00519. The molecule has 2 heterocycles. The van der Waals surface area contributed by atoms with E-state index in [-0.39, 0.29) is 17.9 Å². The Morgan fingerprint density at radius 3 is 2.50 bits per heavy atom. The predicted octanol–water partition coefficient (Wildman–Crippen LogP) is 2.93. The Bertz CT molecular complexity index is 618. The number of rotatable bonds is 4. The summed E-state index contributed by atoms with van der Waals surface area (Å²) in [6.07, 6.45) is 7.69. The molecule has 1 saturated heterocycles. The number of carbonyl (C=O) groups excluding carboxylic acids is 1. The van der Waals surface area contributed by atoms with Crippen molar-refractivity contribution in [3.63, 3.8) is 0 Å². The van der Waals surface area contributed by atoms with Crippen LogP contribution < -0.4 is 5.32 Å². The first-order chi connectivity index (χ1) is 11.7. The molecule has 1 aromatic rings. The van der Waals surface area contributed by atoms with Gasteiger partial charge in [0.2, 0.25) is 0 Å². The fraction of sp³-hybridized carbons (Fsp3) is 0.526. The first kappa shape index (κ1) is 15.6. The van der Waals surface area contributed by atoms with Gasteiger partial charge in [0.1, 0.15) is 5.82 Å². The predicted molar refractivity (Wildman–Crippen MR) is 91.1 cm³/mol. The van der Waals surface area contributed by atoms with Crippen molar-refractivity contribution < 1.29 is 9.18 Å². The van der Waals surface area contributed by atoms with Crippen molar-refractivity contribution in [1.82, 2.24) is 15.1 Å². The monoisotopic (exact) mass is 329 g/mol. The molecule has 0 unspecified atom stereocenters. The zero-order chi connectivity index (χ0) is 16.5. The Morgan fingerprint density at radius 2 is 1.83 bits per heavy atom. The summed E-state index contributed by atoms with van der Waals surface area (Å²) in [7, 11) is 0. The molecule has 1 N–H and O–H groups in total. The minimum Gasteiger partial charge on any atom is -0.331 e. The van der Waals surface area contributed by atoms with Crippen molar-refractivity contribution in [3.8, 4) is 0 Å². The molecule has 1 aliphatic carbocycles. The van der Waals surface area contributed by atoms with Gasteiger partial charge < -0.3 is 10.2 Å². The number of nitrogens with zero attached hydrogens (tertiary/aromatic N) is 2. The van der Waals surface area contributed by atoms with E-state index in [1.54, 1.807) is 12.1 Å². The minimum atomic E-state index is -0.235. The molecule has 24 heavy (non-hydrogen) atoms. The van der Waals surface area contributed by atoms with E-state index in [9.17, 15) is 9.18 Å². The maximum atomic E-state index is 13.2. The highest BCUT2D eigenvalue weighted by atomic mass is 19.1. The number of amides is 2. The van der Waals surface area contributed by atoms with E-state index < -0.39 is 0 Å². The van der Waals surface area contributed by atoms with E-state index in [1.807, 2.05) is 4.90 Å². The number of urea groups is 1. The van der Waals surface area contributed by atoms with Gasteiger partial charge in [0.05, 0.1) is 6.04 Å². The molecule has 2 fully saturated rings. The van der Waals surface area contributed by atoms with E-state index in [0.29, 0.717) is 12.0 Å². The van der Waals surface area contributed by atoms with Crippen LogP contribution in [0, 0.1) is 11.7 Å². The lowest BCUT2D eigenvalue weighted by atomic mass is 10.0. The normalized spacial score (nSPS) is 25.2. The molecule has 2 atom stereocenters. The lowest BCUT2D eigenvalue weighted by Gasteiger charge is -2.26. The summed E-state index contributed by atoms with van der Waals surface area (Å²) in [5, 5.41) is 3.20. The van der Waals surface area contributed by atoms with Gasteiger partial charge in [0.25, 0.3) is 0 Å². The lowest BCUT2D eigenvalue weighted by molar-refractivity contribution is 0.195. The largest absolute Gasteiger partial charge is 0.331 e. The van der Waals surface area contributed by atoms with Crippen molar-refractivity contribution in [2.45, 2.75) is 31.3 Å². The molecule has 0 bridgehead atoms. The topological polar surface area (TPSA) is 35.6 Å². The van der Waals surface area contributed by atoms with E-state index in [2.05, 4.69) is 22.4 Å². The number of likely N-dealkylation sites (tertiary alicyclic amines) is 1. The van der Waals surface area contributed by atoms with Crippen molar-refractivity contribution in [2.24, 2.45) is 5.92 Å². The molecule has 2 aliphatic heterocycles. The number of halogens is 1. The van der Waals surface area contributed by atoms with E-state index >= 15 is 0 Å². The summed E-state index contributed by atoms with van der Waals surface area (Å²) in [6.45, 7) is 3.61. The van der Waals surface area contributed by atoms with Crippen LogP contribution in [0.2, 0.25) is 0 Å². The van der Waals surface area contributed by atoms with Crippen LogP contribution in [0.25, 0.3) is 0 Å². The summed E-state index contributed by atoms with van der Waals surface area (Å²) in [5.74, 6) is 0.252. The molecule has 0 aromatic heterocycles. The molecule has 3 aliphatic rings. The molecule has 2 amide bonds. The van der Waals surface area contributed by atoms with Gasteiger partial charge in [-0.2, -0.15) is 0 Å². The maximum Gasteiger partial charge on any atom is 0.317 e. The second-order valence-electron chi connectivity index (χ2n) is 7.13. The smallest absolute Gasteiger partial charge is 0.317 e. The number of nitrogens with one attached hydrogen (secondary N) is 1. The zero-order valence-corrected chi connectivity index (χ0v) is 13.8. The van der Waals surface area contributed by atoms with Crippen LogP contribution >= 0.6 is 0 Å². The molecule has 4 nitrogen and oxygen atoms in total. The first-order valence-corrected chi connectivity index (χ1v) is 8.90. The molecule has 0 spiro atoms. The summed E-state index contributed by atoms with van der Waals surface area (Å²) in [6, 6.07) is 7.03.